The Hall–Kier alpha value is -1.14. The van der Waals surface area contributed by atoms with Crippen LogP contribution in [-0.4, -0.2) is 12.4 Å². The summed E-state index contributed by atoms with van der Waals surface area (Å²) in [7, 11) is 0. The molecule has 3 heteroatoms. The van der Waals surface area contributed by atoms with Gasteiger partial charge < -0.3 is 4.74 Å². The molecule has 0 aliphatic rings. The molecule has 0 fully saturated rings. The highest BCUT2D eigenvalue weighted by atomic mass is 32.2. The lowest BCUT2D eigenvalue weighted by molar-refractivity contribution is 0.317. The van der Waals surface area contributed by atoms with Crippen molar-refractivity contribution in [2.24, 2.45) is 0 Å². The van der Waals surface area contributed by atoms with Crippen LogP contribution < -0.4 is 4.74 Å². The first-order chi connectivity index (χ1) is 9.22. The summed E-state index contributed by atoms with van der Waals surface area (Å²) in [5.74, 6) is 2.41. The maximum atomic E-state index is 8.59. The van der Waals surface area contributed by atoms with Gasteiger partial charge in [0.1, 0.15) is 11.2 Å². The van der Waals surface area contributed by atoms with E-state index < -0.39 is 0 Å². The highest BCUT2D eigenvalue weighted by Crippen LogP contribution is 2.29. The number of thiocyanates is 1. The van der Waals surface area contributed by atoms with Gasteiger partial charge in [0, 0.05) is 5.75 Å². The molecule has 1 aromatic rings. The van der Waals surface area contributed by atoms with Crippen molar-refractivity contribution in [3.8, 4) is 11.2 Å². The number of aryl methyl sites for hydroxylation is 1. The summed E-state index contributed by atoms with van der Waals surface area (Å²) >= 11 is 1.35. The second-order valence-corrected chi connectivity index (χ2v) is 5.58. The van der Waals surface area contributed by atoms with Crippen molar-refractivity contribution < 1.29 is 4.74 Å². The van der Waals surface area contributed by atoms with Gasteiger partial charge in [-0.05, 0) is 67.1 Å². The molecule has 0 spiro atoms. The lowest BCUT2D eigenvalue weighted by Crippen LogP contribution is -2.02. The Morgan fingerprint density at radius 2 is 2.16 bits per heavy atom. The monoisotopic (exact) mass is 277 g/mol. The molecule has 1 atom stereocenters. The zero-order valence-electron chi connectivity index (χ0n) is 12.1. The molecule has 19 heavy (non-hydrogen) atoms. The number of rotatable bonds is 8. The smallest absolute Gasteiger partial charge is 0.133 e. The summed E-state index contributed by atoms with van der Waals surface area (Å²) < 4.78 is 5.66. The van der Waals surface area contributed by atoms with E-state index in [9.17, 15) is 0 Å². The lowest BCUT2D eigenvalue weighted by atomic mass is 9.90. The molecule has 104 valence electrons. The molecule has 0 aliphatic heterocycles. The van der Waals surface area contributed by atoms with Crippen LogP contribution in [0, 0.1) is 17.6 Å². The van der Waals surface area contributed by atoms with Crippen LogP contribution in [-0.2, 0) is 0 Å². The van der Waals surface area contributed by atoms with E-state index in [1.54, 1.807) is 0 Å². The fraction of sp³-hybridized carbons (Fsp3) is 0.562. The van der Waals surface area contributed by atoms with Gasteiger partial charge in [-0.3, -0.25) is 0 Å². The first-order valence-corrected chi connectivity index (χ1v) is 7.95. The molecule has 0 N–H and O–H groups in total. The first kappa shape index (κ1) is 15.9. The molecule has 2 nitrogen and oxygen atoms in total. The molecular formula is C16H23NOS. The minimum absolute atomic E-state index is 0.543. The molecule has 1 rings (SSSR count). The standard InChI is InChI=1S/C16H23NOS/c1-4-9-18-15-6-7-16(13(3)11-15)14(5-2)8-10-19-12-17/h6-7,11,14H,4-5,8-10H2,1-3H3. The SMILES string of the molecule is CCCOc1ccc(C(CC)CCSC#N)c(C)c1. The molecule has 0 saturated heterocycles. The molecule has 0 bridgehead atoms. The Kier molecular flexibility index (Phi) is 7.43. The summed E-state index contributed by atoms with van der Waals surface area (Å²) in [5.41, 5.74) is 2.69. The van der Waals surface area contributed by atoms with Gasteiger partial charge in [-0.2, -0.15) is 5.26 Å². The predicted octanol–water partition coefficient (Wildman–Crippen LogP) is 4.88. The predicted molar refractivity (Wildman–Crippen MR) is 82.7 cm³/mol. The van der Waals surface area contributed by atoms with Crippen molar-refractivity contribution in [3.05, 3.63) is 29.3 Å². The zero-order chi connectivity index (χ0) is 14.1. The zero-order valence-corrected chi connectivity index (χ0v) is 12.9. The van der Waals surface area contributed by atoms with E-state index >= 15 is 0 Å². The van der Waals surface area contributed by atoms with Crippen LogP contribution >= 0.6 is 11.8 Å². The van der Waals surface area contributed by atoms with Gasteiger partial charge in [0.15, 0.2) is 0 Å². The van der Waals surface area contributed by atoms with Crippen molar-refractivity contribution in [3.63, 3.8) is 0 Å². The summed E-state index contributed by atoms with van der Waals surface area (Å²) in [5, 5.41) is 10.7. The van der Waals surface area contributed by atoms with Gasteiger partial charge in [0.05, 0.1) is 6.61 Å². The molecule has 0 saturated carbocycles. The third kappa shape index (κ3) is 5.16. The quantitative estimate of drug-likeness (QED) is 0.501. The summed E-state index contributed by atoms with van der Waals surface area (Å²) in [6.45, 7) is 7.24. The van der Waals surface area contributed by atoms with E-state index in [4.69, 9.17) is 10.00 Å². The number of ether oxygens (including phenoxy) is 1. The summed E-state index contributed by atoms with van der Waals surface area (Å²) in [6.07, 6.45) is 3.20. The van der Waals surface area contributed by atoms with Gasteiger partial charge in [0.25, 0.3) is 0 Å². The van der Waals surface area contributed by atoms with E-state index in [1.807, 2.05) is 0 Å². The minimum atomic E-state index is 0.543. The number of hydrogen-bond donors (Lipinski definition) is 0. The number of nitrogens with zero attached hydrogens (tertiary/aromatic N) is 1. The third-order valence-electron chi connectivity index (χ3n) is 3.28. The minimum Gasteiger partial charge on any atom is -0.494 e. The average Bonchev–Trinajstić information content (AvgIpc) is 2.42. The van der Waals surface area contributed by atoms with Crippen LogP contribution in [0.1, 0.15) is 50.2 Å². The van der Waals surface area contributed by atoms with E-state index in [0.29, 0.717) is 5.92 Å². The molecule has 0 amide bonds. The summed E-state index contributed by atoms with van der Waals surface area (Å²) in [4.78, 5) is 0. The lowest BCUT2D eigenvalue weighted by Gasteiger charge is -2.18. The number of hydrogen-bond acceptors (Lipinski definition) is 3. The van der Waals surface area contributed by atoms with E-state index in [-0.39, 0.29) is 0 Å². The van der Waals surface area contributed by atoms with Crippen LogP contribution in [0.25, 0.3) is 0 Å². The molecule has 0 radical (unpaired) electrons. The highest BCUT2D eigenvalue weighted by molar-refractivity contribution is 8.03. The normalized spacial score (nSPS) is 11.9. The van der Waals surface area contributed by atoms with E-state index in [1.165, 1.54) is 22.9 Å². The molecule has 1 aromatic carbocycles. The Bertz CT molecular complexity index is 425. The number of nitriles is 1. The largest absolute Gasteiger partial charge is 0.494 e. The van der Waals surface area contributed by atoms with E-state index in [2.05, 4.69) is 44.4 Å². The van der Waals surface area contributed by atoms with Crippen LogP contribution in [0.15, 0.2) is 18.2 Å². The Morgan fingerprint density at radius 1 is 1.37 bits per heavy atom. The highest BCUT2D eigenvalue weighted by Gasteiger charge is 2.12. The van der Waals surface area contributed by atoms with Crippen LogP contribution in [0.2, 0.25) is 0 Å². The second kappa shape index (κ2) is 8.87. The number of benzene rings is 1. The topological polar surface area (TPSA) is 33.0 Å². The van der Waals surface area contributed by atoms with Gasteiger partial charge in [0.2, 0.25) is 0 Å². The van der Waals surface area contributed by atoms with Crippen LogP contribution in [0.4, 0.5) is 0 Å². The molecule has 1 unspecified atom stereocenters. The van der Waals surface area contributed by atoms with Gasteiger partial charge in [-0.15, -0.1) is 0 Å². The van der Waals surface area contributed by atoms with Crippen molar-refractivity contribution >= 4 is 11.8 Å². The summed E-state index contributed by atoms with van der Waals surface area (Å²) in [6, 6.07) is 6.38. The third-order valence-corrected chi connectivity index (χ3v) is 3.85. The number of thioether (sulfide) groups is 1. The molecular weight excluding hydrogens is 254 g/mol. The van der Waals surface area contributed by atoms with Crippen LogP contribution in [0.5, 0.6) is 5.75 Å². The fourth-order valence-corrected chi connectivity index (χ4v) is 2.74. The Labute approximate surface area is 121 Å². The molecule has 0 aromatic heterocycles. The van der Waals surface area contributed by atoms with Crippen molar-refractivity contribution in [2.75, 3.05) is 12.4 Å². The average molecular weight is 277 g/mol. The van der Waals surface area contributed by atoms with Crippen molar-refractivity contribution in [1.82, 2.24) is 0 Å². The van der Waals surface area contributed by atoms with Crippen molar-refractivity contribution in [2.45, 2.75) is 46.0 Å². The Morgan fingerprint density at radius 3 is 2.74 bits per heavy atom. The van der Waals surface area contributed by atoms with Crippen molar-refractivity contribution in [1.29, 1.82) is 5.26 Å². The van der Waals surface area contributed by atoms with Gasteiger partial charge in [-0.25, -0.2) is 0 Å². The molecule has 0 heterocycles. The van der Waals surface area contributed by atoms with E-state index in [0.717, 1.165) is 37.4 Å². The first-order valence-electron chi connectivity index (χ1n) is 6.97. The van der Waals surface area contributed by atoms with Gasteiger partial charge >= 0.3 is 0 Å². The van der Waals surface area contributed by atoms with Crippen LogP contribution in [0.3, 0.4) is 0 Å². The fourth-order valence-electron chi connectivity index (χ4n) is 2.24. The maximum absolute atomic E-state index is 8.59. The maximum Gasteiger partial charge on any atom is 0.133 e. The Balaban J connectivity index is 2.72. The molecule has 0 aliphatic carbocycles. The second-order valence-electron chi connectivity index (χ2n) is 4.70. The van der Waals surface area contributed by atoms with Gasteiger partial charge in [-0.1, -0.05) is 19.9 Å².